The maximum absolute atomic E-state index is 12.5. The van der Waals surface area contributed by atoms with Gasteiger partial charge in [0.1, 0.15) is 11.3 Å². The minimum Gasteiger partial charge on any atom is -0.504 e. The number of fused-ring (bicyclic) bond motifs is 1. The SMILES string of the molecule is COc1cc(C(=O)N(C)Cc2cc3ccccc3o2)ccc1O. The maximum atomic E-state index is 12.5. The number of carbonyl (C=O) groups excluding carboxylic acids is 1. The first-order valence-corrected chi connectivity index (χ1v) is 7.18. The Morgan fingerprint density at radius 1 is 1.22 bits per heavy atom. The van der Waals surface area contributed by atoms with Gasteiger partial charge >= 0.3 is 0 Å². The third-order valence-electron chi connectivity index (χ3n) is 3.64. The fourth-order valence-electron chi connectivity index (χ4n) is 2.45. The molecule has 1 amide bonds. The van der Waals surface area contributed by atoms with Gasteiger partial charge in [0.2, 0.25) is 0 Å². The van der Waals surface area contributed by atoms with Gasteiger partial charge in [-0.05, 0) is 30.3 Å². The number of hydrogen-bond acceptors (Lipinski definition) is 4. The van der Waals surface area contributed by atoms with Crippen molar-refractivity contribution in [3.8, 4) is 11.5 Å². The second-order valence-electron chi connectivity index (χ2n) is 5.30. The van der Waals surface area contributed by atoms with Crippen LogP contribution in [0.15, 0.2) is 52.9 Å². The molecule has 0 aliphatic carbocycles. The molecule has 1 N–H and O–H groups in total. The van der Waals surface area contributed by atoms with Crippen molar-refractivity contribution in [3.05, 3.63) is 59.9 Å². The van der Waals surface area contributed by atoms with Crippen molar-refractivity contribution in [2.24, 2.45) is 0 Å². The molecular weight excluding hydrogens is 294 g/mol. The number of methoxy groups -OCH3 is 1. The molecule has 0 aliphatic heterocycles. The highest BCUT2D eigenvalue weighted by atomic mass is 16.5. The number of furan rings is 1. The second kappa shape index (κ2) is 6.04. The van der Waals surface area contributed by atoms with Gasteiger partial charge in [-0.25, -0.2) is 0 Å². The number of rotatable bonds is 4. The maximum Gasteiger partial charge on any atom is 0.254 e. The summed E-state index contributed by atoms with van der Waals surface area (Å²) in [5.41, 5.74) is 1.24. The van der Waals surface area contributed by atoms with Crippen molar-refractivity contribution in [2.75, 3.05) is 14.2 Å². The number of phenols is 1. The number of phenolic OH excluding ortho intramolecular Hbond substituents is 1. The van der Waals surface area contributed by atoms with Gasteiger partial charge in [0.15, 0.2) is 11.5 Å². The van der Waals surface area contributed by atoms with Gasteiger partial charge in [0.05, 0.1) is 13.7 Å². The van der Waals surface area contributed by atoms with E-state index in [-0.39, 0.29) is 17.4 Å². The molecular formula is C18H17NO4. The molecule has 0 fully saturated rings. The molecule has 0 radical (unpaired) electrons. The minimum absolute atomic E-state index is 0.00369. The first-order valence-electron chi connectivity index (χ1n) is 7.18. The van der Waals surface area contributed by atoms with Crippen LogP contribution in [0.25, 0.3) is 11.0 Å². The van der Waals surface area contributed by atoms with Crippen molar-refractivity contribution in [1.29, 1.82) is 0 Å². The Bertz CT molecular complexity index is 820. The van der Waals surface area contributed by atoms with Crippen molar-refractivity contribution < 1.29 is 19.1 Å². The molecule has 23 heavy (non-hydrogen) atoms. The van der Waals surface area contributed by atoms with E-state index in [9.17, 15) is 9.90 Å². The van der Waals surface area contributed by atoms with Crippen molar-refractivity contribution in [1.82, 2.24) is 4.90 Å². The van der Waals surface area contributed by atoms with Crippen LogP contribution in [0.2, 0.25) is 0 Å². The number of nitrogens with zero attached hydrogens (tertiary/aromatic N) is 1. The van der Waals surface area contributed by atoms with Crippen molar-refractivity contribution in [2.45, 2.75) is 6.54 Å². The standard InChI is InChI=1S/C18H17NO4/c1-19(11-14-9-12-5-3-4-6-16(12)23-14)18(21)13-7-8-15(20)17(10-13)22-2/h3-10,20H,11H2,1-2H3. The van der Waals surface area contributed by atoms with Crippen LogP contribution in [0.3, 0.4) is 0 Å². The molecule has 1 heterocycles. The quantitative estimate of drug-likeness (QED) is 0.802. The van der Waals surface area contributed by atoms with Crippen LogP contribution in [0.1, 0.15) is 16.1 Å². The van der Waals surface area contributed by atoms with Crippen LogP contribution in [-0.2, 0) is 6.54 Å². The van der Waals surface area contributed by atoms with Crippen LogP contribution in [0.5, 0.6) is 11.5 Å². The fraction of sp³-hybridized carbons (Fsp3) is 0.167. The highest BCUT2D eigenvalue weighted by Crippen LogP contribution is 2.27. The topological polar surface area (TPSA) is 62.9 Å². The number of hydrogen-bond donors (Lipinski definition) is 1. The summed E-state index contributed by atoms with van der Waals surface area (Å²) in [6.07, 6.45) is 0. The summed E-state index contributed by atoms with van der Waals surface area (Å²) in [6, 6.07) is 14.2. The molecule has 0 saturated carbocycles. The largest absolute Gasteiger partial charge is 0.504 e. The lowest BCUT2D eigenvalue weighted by molar-refractivity contribution is 0.0776. The Labute approximate surface area is 133 Å². The minimum atomic E-state index is -0.177. The normalized spacial score (nSPS) is 10.7. The van der Waals surface area contributed by atoms with Gasteiger partial charge in [-0.15, -0.1) is 0 Å². The summed E-state index contributed by atoms with van der Waals surface area (Å²) < 4.78 is 10.8. The molecule has 0 atom stereocenters. The lowest BCUT2D eigenvalue weighted by Crippen LogP contribution is -2.25. The van der Waals surface area contributed by atoms with Crippen LogP contribution < -0.4 is 4.74 Å². The zero-order chi connectivity index (χ0) is 16.4. The van der Waals surface area contributed by atoms with Crippen molar-refractivity contribution in [3.63, 3.8) is 0 Å². The predicted molar refractivity (Wildman–Crippen MR) is 86.7 cm³/mol. The highest BCUT2D eigenvalue weighted by molar-refractivity contribution is 5.94. The average molecular weight is 311 g/mol. The monoisotopic (exact) mass is 311 g/mol. The number of para-hydroxylation sites is 1. The van der Waals surface area contributed by atoms with Crippen LogP contribution in [0.4, 0.5) is 0 Å². The summed E-state index contributed by atoms with van der Waals surface area (Å²) in [5, 5.41) is 10.6. The number of benzene rings is 2. The van der Waals surface area contributed by atoms with E-state index in [2.05, 4.69) is 0 Å². The van der Waals surface area contributed by atoms with Gasteiger partial charge < -0.3 is 19.2 Å². The van der Waals surface area contributed by atoms with E-state index in [1.54, 1.807) is 18.0 Å². The number of ether oxygens (including phenoxy) is 1. The zero-order valence-electron chi connectivity index (χ0n) is 12.9. The van der Waals surface area contributed by atoms with E-state index in [1.165, 1.54) is 19.2 Å². The molecule has 0 aliphatic rings. The van der Waals surface area contributed by atoms with E-state index in [0.29, 0.717) is 17.9 Å². The second-order valence-corrected chi connectivity index (χ2v) is 5.30. The molecule has 2 aromatic carbocycles. The van der Waals surface area contributed by atoms with Crippen LogP contribution in [-0.4, -0.2) is 30.1 Å². The van der Waals surface area contributed by atoms with Crippen LogP contribution >= 0.6 is 0 Å². The van der Waals surface area contributed by atoms with Gasteiger partial charge in [0, 0.05) is 18.0 Å². The lowest BCUT2D eigenvalue weighted by atomic mass is 10.1. The molecule has 0 bridgehead atoms. The highest BCUT2D eigenvalue weighted by Gasteiger charge is 2.16. The molecule has 0 spiro atoms. The molecule has 3 aromatic rings. The molecule has 5 nitrogen and oxygen atoms in total. The van der Waals surface area contributed by atoms with Crippen LogP contribution in [0, 0.1) is 0 Å². The predicted octanol–water partition coefficient (Wildman–Crippen LogP) is 3.42. The van der Waals surface area contributed by atoms with E-state index < -0.39 is 0 Å². The molecule has 0 unspecified atom stereocenters. The Kier molecular flexibility index (Phi) is 3.93. The van der Waals surface area contributed by atoms with E-state index >= 15 is 0 Å². The number of aromatic hydroxyl groups is 1. The summed E-state index contributed by atoms with van der Waals surface area (Å²) >= 11 is 0. The number of carbonyl (C=O) groups is 1. The lowest BCUT2D eigenvalue weighted by Gasteiger charge is -2.16. The summed E-state index contributed by atoms with van der Waals surface area (Å²) in [6.45, 7) is 0.358. The Morgan fingerprint density at radius 3 is 2.74 bits per heavy atom. The van der Waals surface area contributed by atoms with E-state index in [0.717, 1.165) is 11.0 Å². The van der Waals surface area contributed by atoms with Gasteiger partial charge in [-0.2, -0.15) is 0 Å². The smallest absolute Gasteiger partial charge is 0.254 e. The average Bonchev–Trinajstić information content (AvgIpc) is 2.96. The van der Waals surface area contributed by atoms with Crippen molar-refractivity contribution >= 4 is 16.9 Å². The number of amides is 1. The Morgan fingerprint density at radius 2 is 2.00 bits per heavy atom. The van der Waals surface area contributed by atoms with E-state index in [1.807, 2.05) is 30.3 Å². The molecule has 1 aromatic heterocycles. The van der Waals surface area contributed by atoms with Gasteiger partial charge in [-0.1, -0.05) is 18.2 Å². The Hall–Kier alpha value is -2.95. The third-order valence-corrected chi connectivity index (χ3v) is 3.64. The molecule has 5 heteroatoms. The first kappa shape index (κ1) is 15.0. The Balaban J connectivity index is 1.79. The van der Waals surface area contributed by atoms with E-state index in [4.69, 9.17) is 9.15 Å². The molecule has 0 saturated heterocycles. The molecule has 118 valence electrons. The third kappa shape index (κ3) is 2.99. The van der Waals surface area contributed by atoms with Gasteiger partial charge in [0.25, 0.3) is 5.91 Å². The fourth-order valence-corrected chi connectivity index (χ4v) is 2.45. The molecule has 3 rings (SSSR count). The summed E-state index contributed by atoms with van der Waals surface area (Å²) in [5.74, 6) is 0.813. The zero-order valence-corrected chi connectivity index (χ0v) is 12.9. The first-order chi connectivity index (χ1) is 11.1. The van der Waals surface area contributed by atoms with Gasteiger partial charge in [-0.3, -0.25) is 4.79 Å². The summed E-state index contributed by atoms with van der Waals surface area (Å²) in [4.78, 5) is 14.0. The summed E-state index contributed by atoms with van der Waals surface area (Å²) in [7, 11) is 3.15.